The van der Waals surface area contributed by atoms with Gasteiger partial charge in [-0.25, -0.2) is 0 Å². The molecular weight excluding hydrogens is 182 g/mol. The molecular formula is C14H19N. The molecule has 0 atom stereocenters. The first-order valence-corrected chi connectivity index (χ1v) is 5.59. The predicted molar refractivity (Wildman–Crippen MR) is 66.2 cm³/mol. The van der Waals surface area contributed by atoms with Gasteiger partial charge in [0.1, 0.15) is 0 Å². The fraction of sp³-hybridized carbons (Fsp3) is 0.429. The maximum Gasteiger partial charge on any atom is 0.0454 e. The van der Waals surface area contributed by atoms with Gasteiger partial charge in [0.05, 0.1) is 0 Å². The molecule has 2 rings (SSSR count). The molecule has 0 aliphatic rings. The minimum absolute atomic E-state index is 0.242. The summed E-state index contributed by atoms with van der Waals surface area (Å²) in [5, 5.41) is 1.31. The van der Waals surface area contributed by atoms with Crippen LogP contribution in [0.3, 0.4) is 0 Å². The number of H-pyrrole nitrogens is 1. The first kappa shape index (κ1) is 10.3. The van der Waals surface area contributed by atoms with Crippen LogP contribution in [0.15, 0.2) is 30.5 Å². The van der Waals surface area contributed by atoms with Crippen molar-refractivity contribution < 1.29 is 0 Å². The molecule has 1 aromatic heterocycles. The Morgan fingerprint density at radius 3 is 2.53 bits per heavy atom. The van der Waals surface area contributed by atoms with E-state index >= 15 is 0 Å². The predicted octanol–water partition coefficient (Wildman–Crippen LogP) is 4.10. The molecule has 0 aliphatic carbocycles. The van der Waals surface area contributed by atoms with E-state index in [1.54, 1.807) is 0 Å². The topological polar surface area (TPSA) is 15.8 Å². The van der Waals surface area contributed by atoms with E-state index in [9.17, 15) is 0 Å². The van der Waals surface area contributed by atoms with E-state index in [1.807, 2.05) is 6.20 Å². The van der Waals surface area contributed by atoms with Crippen molar-refractivity contribution in [2.24, 2.45) is 5.92 Å². The maximum absolute atomic E-state index is 3.23. The average molecular weight is 201 g/mol. The zero-order valence-corrected chi connectivity index (χ0v) is 9.96. The van der Waals surface area contributed by atoms with Crippen LogP contribution in [0.5, 0.6) is 0 Å². The van der Waals surface area contributed by atoms with Crippen LogP contribution in [-0.4, -0.2) is 4.98 Å². The number of hydrogen-bond donors (Lipinski definition) is 1. The molecule has 0 saturated heterocycles. The number of aromatic nitrogens is 1. The van der Waals surface area contributed by atoms with Crippen molar-refractivity contribution in [1.82, 2.24) is 4.98 Å². The largest absolute Gasteiger partial charge is 0.361 e. The van der Waals surface area contributed by atoms with Gasteiger partial charge < -0.3 is 4.98 Å². The second-order valence-corrected chi connectivity index (χ2v) is 5.16. The standard InChI is InChI=1S/C14H19N/c1-10(2)14(3,4)12-5-6-13-11(9-12)7-8-15-13/h5-10,15H,1-4H3. The first-order valence-electron chi connectivity index (χ1n) is 5.59. The fourth-order valence-corrected chi connectivity index (χ4v) is 1.79. The molecule has 0 saturated carbocycles. The monoisotopic (exact) mass is 201 g/mol. The zero-order chi connectivity index (χ0) is 11.1. The summed E-state index contributed by atoms with van der Waals surface area (Å²) in [7, 11) is 0. The highest BCUT2D eigenvalue weighted by atomic mass is 14.7. The molecule has 2 aromatic rings. The molecule has 0 radical (unpaired) electrons. The molecule has 0 spiro atoms. The third-order valence-corrected chi connectivity index (χ3v) is 3.74. The summed E-state index contributed by atoms with van der Waals surface area (Å²) in [6, 6.07) is 8.84. The zero-order valence-electron chi connectivity index (χ0n) is 9.96. The number of rotatable bonds is 2. The lowest BCUT2D eigenvalue weighted by Crippen LogP contribution is -2.24. The molecule has 0 unspecified atom stereocenters. The van der Waals surface area contributed by atoms with Crippen LogP contribution in [0.1, 0.15) is 33.3 Å². The van der Waals surface area contributed by atoms with E-state index in [0.717, 1.165) is 0 Å². The molecule has 1 nitrogen and oxygen atoms in total. The minimum Gasteiger partial charge on any atom is -0.361 e. The summed E-state index contributed by atoms with van der Waals surface area (Å²) < 4.78 is 0. The van der Waals surface area contributed by atoms with Gasteiger partial charge in [-0.3, -0.25) is 0 Å². The van der Waals surface area contributed by atoms with E-state index in [-0.39, 0.29) is 5.41 Å². The lowest BCUT2D eigenvalue weighted by molar-refractivity contribution is 0.372. The summed E-state index contributed by atoms with van der Waals surface area (Å²) in [6.45, 7) is 9.18. The molecule has 1 aromatic carbocycles. The molecule has 1 heterocycles. The van der Waals surface area contributed by atoms with Gasteiger partial charge in [0, 0.05) is 11.7 Å². The van der Waals surface area contributed by atoms with Crippen LogP contribution in [0, 0.1) is 5.92 Å². The SMILES string of the molecule is CC(C)C(C)(C)c1ccc2[nH]ccc2c1. The van der Waals surface area contributed by atoms with Crippen molar-refractivity contribution in [3.63, 3.8) is 0 Å². The van der Waals surface area contributed by atoms with Crippen LogP contribution < -0.4 is 0 Å². The van der Waals surface area contributed by atoms with E-state index in [4.69, 9.17) is 0 Å². The molecule has 1 N–H and O–H groups in total. The molecule has 0 fully saturated rings. The molecule has 1 heteroatoms. The number of nitrogens with one attached hydrogen (secondary N) is 1. The highest BCUT2D eigenvalue weighted by molar-refractivity contribution is 5.80. The Hall–Kier alpha value is -1.24. The molecule has 80 valence electrons. The van der Waals surface area contributed by atoms with E-state index in [1.165, 1.54) is 16.5 Å². The van der Waals surface area contributed by atoms with Crippen molar-refractivity contribution in [2.45, 2.75) is 33.1 Å². The van der Waals surface area contributed by atoms with E-state index in [0.29, 0.717) is 5.92 Å². The van der Waals surface area contributed by atoms with Gasteiger partial charge in [0.15, 0.2) is 0 Å². The third-order valence-electron chi connectivity index (χ3n) is 3.74. The molecule has 0 bridgehead atoms. The Balaban J connectivity index is 2.52. The highest BCUT2D eigenvalue weighted by Crippen LogP contribution is 2.32. The Kier molecular flexibility index (Phi) is 2.34. The summed E-state index contributed by atoms with van der Waals surface area (Å²) in [5.74, 6) is 0.647. The number of fused-ring (bicyclic) bond motifs is 1. The lowest BCUT2D eigenvalue weighted by atomic mass is 9.75. The summed E-state index contributed by atoms with van der Waals surface area (Å²) in [6.07, 6.45) is 2.00. The van der Waals surface area contributed by atoms with Gasteiger partial charge in [-0.1, -0.05) is 33.8 Å². The van der Waals surface area contributed by atoms with Crippen molar-refractivity contribution in [3.8, 4) is 0 Å². The Morgan fingerprint density at radius 1 is 1.13 bits per heavy atom. The minimum atomic E-state index is 0.242. The van der Waals surface area contributed by atoms with Gasteiger partial charge in [-0.2, -0.15) is 0 Å². The fourth-order valence-electron chi connectivity index (χ4n) is 1.79. The highest BCUT2D eigenvalue weighted by Gasteiger charge is 2.24. The van der Waals surface area contributed by atoms with Crippen molar-refractivity contribution in [1.29, 1.82) is 0 Å². The van der Waals surface area contributed by atoms with Gasteiger partial charge in [-0.15, -0.1) is 0 Å². The second kappa shape index (κ2) is 3.41. The Morgan fingerprint density at radius 2 is 1.87 bits per heavy atom. The van der Waals surface area contributed by atoms with Crippen LogP contribution in [-0.2, 0) is 5.41 Å². The smallest absolute Gasteiger partial charge is 0.0454 e. The molecule has 15 heavy (non-hydrogen) atoms. The second-order valence-electron chi connectivity index (χ2n) is 5.16. The lowest BCUT2D eigenvalue weighted by Gasteiger charge is -2.30. The van der Waals surface area contributed by atoms with Crippen molar-refractivity contribution >= 4 is 10.9 Å². The Labute approximate surface area is 91.5 Å². The third kappa shape index (κ3) is 1.67. The quantitative estimate of drug-likeness (QED) is 0.753. The number of hydrogen-bond acceptors (Lipinski definition) is 0. The van der Waals surface area contributed by atoms with Gasteiger partial charge in [-0.05, 0) is 40.5 Å². The van der Waals surface area contributed by atoms with Crippen LogP contribution in [0.2, 0.25) is 0 Å². The van der Waals surface area contributed by atoms with Crippen LogP contribution >= 0.6 is 0 Å². The van der Waals surface area contributed by atoms with Gasteiger partial charge in [0.25, 0.3) is 0 Å². The van der Waals surface area contributed by atoms with Gasteiger partial charge in [0.2, 0.25) is 0 Å². The van der Waals surface area contributed by atoms with E-state index in [2.05, 4.69) is 56.9 Å². The van der Waals surface area contributed by atoms with Crippen molar-refractivity contribution in [3.05, 3.63) is 36.0 Å². The van der Waals surface area contributed by atoms with Gasteiger partial charge >= 0.3 is 0 Å². The molecule has 0 amide bonds. The number of benzene rings is 1. The Bertz CT molecular complexity index is 463. The summed E-state index contributed by atoms with van der Waals surface area (Å²) in [5.41, 5.74) is 2.88. The van der Waals surface area contributed by atoms with Crippen molar-refractivity contribution in [2.75, 3.05) is 0 Å². The van der Waals surface area contributed by atoms with Crippen LogP contribution in [0.4, 0.5) is 0 Å². The summed E-state index contributed by atoms with van der Waals surface area (Å²) >= 11 is 0. The normalized spacial score (nSPS) is 12.6. The van der Waals surface area contributed by atoms with E-state index < -0.39 is 0 Å². The summed E-state index contributed by atoms with van der Waals surface area (Å²) in [4.78, 5) is 3.23. The average Bonchev–Trinajstić information content (AvgIpc) is 2.63. The first-order chi connectivity index (χ1) is 7.01. The maximum atomic E-state index is 3.23. The van der Waals surface area contributed by atoms with Crippen LogP contribution in [0.25, 0.3) is 10.9 Å². The number of aromatic amines is 1. The molecule has 0 aliphatic heterocycles.